The Morgan fingerprint density at radius 3 is 2.19 bits per heavy atom. The van der Waals surface area contributed by atoms with Crippen molar-refractivity contribution < 1.29 is 14.6 Å². The Labute approximate surface area is 98.4 Å². The third-order valence-corrected chi connectivity index (χ3v) is 2.16. The van der Waals surface area contributed by atoms with E-state index < -0.39 is 17.7 Å². The Balaban J connectivity index is 3.98. The molecule has 0 aromatic carbocycles. The van der Waals surface area contributed by atoms with Crippen LogP contribution in [0, 0.1) is 5.92 Å². The first kappa shape index (κ1) is 15.4. The van der Waals surface area contributed by atoms with Crippen molar-refractivity contribution in [1.82, 2.24) is 5.32 Å². The molecule has 0 rings (SSSR count). The standard InChI is InChI=1S/C12H25NO3/c1-8(2)10(14)7-13-9(3)11(15)16-12(4,5)6/h8-10,13-14H,7H2,1-6H3. The minimum atomic E-state index is -0.469. The van der Waals surface area contributed by atoms with Crippen LogP contribution in [-0.2, 0) is 9.53 Å². The Hall–Kier alpha value is -0.610. The number of rotatable bonds is 5. The number of esters is 1. The van der Waals surface area contributed by atoms with Gasteiger partial charge in [0.15, 0.2) is 0 Å². The first-order valence-electron chi connectivity index (χ1n) is 5.78. The molecular formula is C12H25NO3. The van der Waals surface area contributed by atoms with Gasteiger partial charge in [0, 0.05) is 6.54 Å². The molecule has 0 aromatic heterocycles. The lowest BCUT2D eigenvalue weighted by atomic mass is 10.1. The predicted octanol–water partition coefficient (Wildman–Crippen LogP) is 1.32. The van der Waals surface area contributed by atoms with E-state index >= 15 is 0 Å². The number of carbonyl (C=O) groups is 1. The van der Waals surface area contributed by atoms with Gasteiger partial charge in [-0.1, -0.05) is 13.8 Å². The zero-order valence-corrected chi connectivity index (χ0v) is 11.2. The average molecular weight is 231 g/mol. The summed E-state index contributed by atoms with van der Waals surface area (Å²) in [6.45, 7) is 11.5. The molecule has 0 amide bonds. The van der Waals surface area contributed by atoms with E-state index in [1.807, 2.05) is 34.6 Å². The summed E-state index contributed by atoms with van der Waals surface area (Å²) in [5, 5.41) is 12.5. The number of carbonyl (C=O) groups excluding carboxylic acids is 1. The lowest BCUT2D eigenvalue weighted by molar-refractivity contribution is -0.157. The summed E-state index contributed by atoms with van der Waals surface area (Å²) in [6.07, 6.45) is -0.440. The second-order valence-electron chi connectivity index (χ2n) is 5.47. The van der Waals surface area contributed by atoms with E-state index in [1.165, 1.54) is 0 Å². The van der Waals surface area contributed by atoms with Crippen molar-refractivity contribution >= 4 is 5.97 Å². The summed E-state index contributed by atoms with van der Waals surface area (Å²) in [6, 6.07) is -0.396. The van der Waals surface area contributed by atoms with Crippen LogP contribution in [0.4, 0.5) is 0 Å². The topological polar surface area (TPSA) is 58.6 Å². The maximum Gasteiger partial charge on any atom is 0.323 e. The Morgan fingerprint density at radius 1 is 1.31 bits per heavy atom. The van der Waals surface area contributed by atoms with Crippen molar-refractivity contribution in [3.8, 4) is 0 Å². The van der Waals surface area contributed by atoms with Crippen LogP contribution >= 0.6 is 0 Å². The minimum Gasteiger partial charge on any atom is -0.459 e. The number of hydrogen-bond donors (Lipinski definition) is 2. The zero-order chi connectivity index (χ0) is 12.9. The van der Waals surface area contributed by atoms with Crippen molar-refractivity contribution in [3.05, 3.63) is 0 Å². The van der Waals surface area contributed by atoms with Gasteiger partial charge in [0.2, 0.25) is 0 Å². The number of hydrogen-bond acceptors (Lipinski definition) is 4. The summed E-state index contributed by atoms with van der Waals surface area (Å²) in [5.41, 5.74) is -0.469. The molecule has 16 heavy (non-hydrogen) atoms. The van der Waals surface area contributed by atoms with E-state index in [9.17, 15) is 9.90 Å². The molecule has 0 heterocycles. The highest BCUT2D eigenvalue weighted by Crippen LogP contribution is 2.08. The van der Waals surface area contributed by atoms with Crippen LogP contribution in [0.25, 0.3) is 0 Å². The third kappa shape index (κ3) is 6.80. The summed E-state index contributed by atoms with van der Waals surface area (Å²) >= 11 is 0. The lowest BCUT2D eigenvalue weighted by Gasteiger charge is -2.24. The minimum absolute atomic E-state index is 0.179. The third-order valence-electron chi connectivity index (χ3n) is 2.16. The fraction of sp³-hybridized carbons (Fsp3) is 0.917. The molecule has 0 fully saturated rings. The van der Waals surface area contributed by atoms with Crippen molar-refractivity contribution in [1.29, 1.82) is 0 Å². The van der Waals surface area contributed by atoms with E-state index in [0.29, 0.717) is 6.54 Å². The molecule has 0 aliphatic rings. The Kier molecular flexibility index (Phi) is 5.97. The molecule has 4 nitrogen and oxygen atoms in total. The predicted molar refractivity (Wildman–Crippen MR) is 64.2 cm³/mol. The van der Waals surface area contributed by atoms with Crippen LogP contribution in [-0.4, -0.2) is 35.4 Å². The molecule has 0 spiro atoms. The van der Waals surface area contributed by atoms with Gasteiger partial charge in [0.05, 0.1) is 6.10 Å². The SMILES string of the molecule is CC(NCC(O)C(C)C)C(=O)OC(C)(C)C. The highest BCUT2D eigenvalue weighted by atomic mass is 16.6. The van der Waals surface area contributed by atoms with Crippen molar-refractivity contribution in [2.75, 3.05) is 6.54 Å². The first-order chi connectivity index (χ1) is 7.13. The van der Waals surface area contributed by atoms with Crippen molar-refractivity contribution in [2.45, 2.75) is 59.3 Å². The second-order valence-corrected chi connectivity index (χ2v) is 5.47. The molecule has 96 valence electrons. The number of aliphatic hydroxyl groups is 1. The highest BCUT2D eigenvalue weighted by molar-refractivity contribution is 5.75. The zero-order valence-electron chi connectivity index (χ0n) is 11.2. The van der Waals surface area contributed by atoms with Crippen LogP contribution in [0.1, 0.15) is 41.5 Å². The van der Waals surface area contributed by atoms with E-state index in [-0.39, 0.29) is 11.9 Å². The van der Waals surface area contributed by atoms with Crippen LogP contribution in [0.3, 0.4) is 0 Å². The van der Waals surface area contributed by atoms with E-state index in [4.69, 9.17) is 4.74 Å². The molecule has 4 heteroatoms. The lowest BCUT2D eigenvalue weighted by Crippen LogP contribution is -2.43. The van der Waals surface area contributed by atoms with Crippen molar-refractivity contribution in [3.63, 3.8) is 0 Å². The molecule has 0 saturated carbocycles. The summed E-state index contributed by atoms with van der Waals surface area (Å²) < 4.78 is 5.21. The molecule has 0 radical (unpaired) electrons. The van der Waals surface area contributed by atoms with Gasteiger partial charge < -0.3 is 15.2 Å². The molecule has 2 unspecified atom stereocenters. The average Bonchev–Trinajstić information content (AvgIpc) is 2.10. The monoisotopic (exact) mass is 231 g/mol. The van der Waals surface area contributed by atoms with Gasteiger partial charge in [-0.25, -0.2) is 0 Å². The van der Waals surface area contributed by atoms with Crippen LogP contribution in [0.15, 0.2) is 0 Å². The van der Waals surface area contributed by atoms with Gasteiger partial charge in [-0.05, 0) is 33.6 Å². The molecule has 0 saturated heterocycles. The fourth-order valence-corrected chi connectivity index (χ4v) is 1.01. The maximum atomic E-state index is 11.6. The maximum absolute atomic E-state index is 11.6. The van der Waals surface area contributed by atoms with Gasteiger partial charge in [-0.3, -0.25) is 4.79 Å². The van der Waals surface area contributed by atoms with Crippen LogP contribution in [0.2, 0.25) is 0 Å². The van der Waals surface area contributed by atoms with Gasteiger partial charge in [-0.2, -0.15) is 0 Å². The molecule has 0 aliphatic heterocycles. The molecule has 0 bridgehead atoms. The highest BCUT2D eigenvalue weighted by Gasteiger charge is 2.22. The van der Waals surface area contributed by atoms with Crippen molar-refractivity contribution in [2.24, 2.45) is 5.92 Å². The summed E-state index contributed by atoms with van der Waals surface area (Å²) in [5.74, 6) is -0.109. The largest absolute Gasteiger partial charge is 0.459 e. The summed E-state index contributed by atoms with van der Waals surface area (Å²) in [7, 11) is 0. The Bertz CT molecular complexity index is 221. The number of ether oxygens (including phenoxy) is 1. The molecular weight excluding hydrogens is 206 g/mol. The van der Waals surface area contributed by atoms with E-state index in [0.717, 1.165) is 0 Å². The number of nitrogens with one attached hydrogen (secondary N) is 1. The molecule has 0 aromatic rings. The van der Waals surface area contributed by atoms with Gasteiger partial charge in [-0.15, -0.1) is 0 Å². The van der Waals surface area contributed by atoms with E-state index in [2.05, 4.69) is 5.32 Å². The molecule has 0 aliphatic carbocycles. The molecule has 2 N–H and O–H groups in total. The quantitative estimate of drug-likeness (QED) is 0.701. The van der Waals surface area contributed by atoms with Gasteiger partial charge in [0.25, 0.3) is 0 Å². The van der Waals surface area contributed by atoms with Crippen LogP contribution in [0.5, 0.6) is 0 Å². The Morgan fingerprint density at radius 2 is 1.81 bits per heavy atom. The second kappa shape index (κ2) is 6.21. The van der Waals surface area contributed by atoms with Gasteiger partial charge in [0.1, 0.15) is 11.6 Å². The van der Waals surface area contributed by atoms with Gasteiger partial charge >= 0.3 is 5.97 Å². The smallest absolute Gasteiger partial charge is 0.323 e. The van der Waals surface area contributed by atoms with E-state index in [1.54, 1.807) is 6.92 Å². The molecule has 2 atom stereocenters. The fourth-order valence-electron chi connectivity index (χ4n) is 1.01. The first-order valence-corrected chi connectivity index (χ1v) is 5.78. The normalized spacial score (nSPS) is 16.0. The summed E-state index contributed by atoms with van der Waals surface area (Å²) in [4.78, 5) is 11.6. The number of aliphatic hydroxyl groups excluding tert-OH is 1. The van der Waals surface area contributed by atoms with Crippen LogP contribution < -0.4 is 5.32 Å².